The predicted molar refractivity (Wildman–Crippen MR) is 101 cm³/mol. The zero-order valence-corrected chi connectivity index (χ0v) is 15.5. The van der Waals surface area contributed by atoms with Gasteiger partial charge in [-0.3, -0.25) is 4.79 Å². The topological polar surface area (TPSA) is 34.0 Å². The van der Waals surface area contributed by atoms with Gasteiger partial charge in [0.1, 0.15) is 5.75 Å². The summed E-state index contributed by atoms with van der Waals surface area (Å²) < 4.78 is 5.27. The lowest BCUT2D eigenvalue weighted by atomic mass is 10.0. The van der Waals surface area contributed by atoms with Crippen LogP contribution < -0.4 is 9.64 Å². The van der Waals surface area contributed by atoms with Gasteiger partial charge >= 0.3 is 0 Å². The van der Waals surface area contributed by atoms with Gasteiger partial charge in [-0.05, 0) is 60.7 Å². The Morgan fingerprint density at radius 3 is 2.72 bits per heavy atom. The van der Waals surface area contributed by atoms with E-state index in [0.29, 0.717) is 19.1 Å². The maximum atomic E-state index is 12.6. The van der Waals surface area contributed by atoms with E-state index in [4.69, 9.17) is 4.74 Å². The van der Waals surface area contributed by atoms with E-state index >= 15 is 0 Å². The quantitative estimate of drug-likeness (QED) is 0.905. The number of likely N-dealkylation sites (N-methyl/N-ethyl adjacent to an activating group) is 1. The van der Waals surface area contributed by atoms with Crippen molar-refractivity contribution in [2.75, 3.05) is 27.2 Å². The van der Waals surface area contributed by atoms with Crippen LogP contribution in [-0.2, 0) is 11.3 Å². The monoisotopic (exact) mass is 341 g/mol. The van der Waals surface area contributed by atoms with E-state index < -0.39 is 0 Å². The van der Waals surface area contributed by atoms with Crippen LogP contribution in [-0.4, -0.2) is 44.1 Å². The third-order valence-corrected chi connectivity index (χ3v) is 5.42. The Bertz CT molecular complexity index is 744. The number of nitrogens with one attached hydrogen (secondary N) is 1. The number of hydrogen-bond donors (Lipinski definition) is 1. The molecule has 2 aromatic carbocycles. The number of ether oxygens (including phenoxy) is 1. The van der Waals surface area contributed by atoms with Gasteiger partial charge in [-0.2, -0.15) is 0 Å². The van der Waals surface area contributed by atoms with Crippen molar-refractivity contribution in [2.45, 2.75) is 38.8 Å². The van der Waals surface area contributed by atoms with Crippen molar-refractivity contribution in [3.8, 4) is 5.75 Å². The lowest BCUT2D eigenvalue weighted by Crippen LogP contribution is -3.17. The maximum Gasteiger partial charge on any atom is 0.277 e. The Morgan fingerprint density at radius 1 is 1.20 bits per heavy atom. The standard InChI is InChI=1S/C21H28N2O2/c1-16-6-4-5-11-23(16)15-21(24)22(2)14-17-7-8-19-13-20(25-3)10-9-18(19)12-17/h7-10,12-13,16H,4-6,11,14-15H2,1-3H3/p+1/t16-/m1/s1. The van der Waals surface area contributed by atoms with E-state index in [0.717, 1.165) is 23.2 Å². The lowest BCUT2D eigenvalue weighted by molar-refractivity contribution is -0.921. The number of amides is 1. The van der Waals surface area contributed by atoms with E-state index in [1.165, 1.54) is 29.5 Å². The summed E-state index contributed by atoms with van der Waals surface area (Å²) in [5, 5.41) is 2.33. The number of fused-ring (bicyclic) bond motifs is 1. The van der Waals surface area contributed by atoms with E-state index in [2.05, 4.69) is 31.2 Å². The average molecular weight is 341 g/mol. The molecule has 0 spiro atoms. The molecule has 1 fully saturated rings. The van der Waals surface area contributed by atoms with Gasteiger partial charge in [-0.25, -0.2) is 0 Å². The summed E-state index contributed by atoms with van der Waals surface area (Å²) in [6.45, 7) is 4.66. The second-order valence-corrected chi connectivity index (χ2v) is 7.28. The molecule has 1 saturated heterocycles. The Morgan fingerprint density at radius 2 is 1.96 bits per heavy atom. The van der Waals surface area contributed by atoms with Crippen molar-refractivity contribution in [2.24, 2.45) is 0 Å². The summed E-state index contributed by atoms with van der Waals surface area (Å²) in [6, 6.07) is 13.0. The molecule has 0 aliphatic carbocycles. The van der Waals surface area contributed by atoms with Gasteiger partial charge in [-0.1, -0.05) is 18.2 Å². The van der Waals surface area contributed by atoms with Gasteiger partial charge in [-0.15, -0.1) is 0 Å². The van der Waals surface area contributed by atoms with Gasteiger partial charge in [0.2, 0.25) is 0 Å². The molecule has 1 aliphatic rings. The van der Waals surface area contributed by atoms with Crippen LogP contribution in [0, 0.1) is 0 Å². The fourth-order valence-electron chi connectivity index (χ4n) is 3.71. The zero-order chi connectivity index (χ0) is 17.8. The van der Waals surface area contributed by atoms with Crippen molar-refractivity contribution >= 4 is 16.7 Å². The van der Waals surface area contributed by atoms with Crippen molar-refractivity contribution in [1.29, 1.82) is 0 Å². The highest BCUT2D eigenvalue weighted by Gasteiger charge is 2.25. The first kappa shape index (κ1) is 17.7. The molecular weight excluding hydrogens is 312 g/mol. The molecule has 134 valence electrons. The van der Waals surface area contributed by atoms with Crippen molar-refractivity contribution in [3.63, 3.8) is 0 Å². The molecule has 25 heavy (non-hydrogen) atoms. The number of quaternary nitrogens is 1. The van der Waals surface area contributed by atoms with Crippen LogP contribution in [0.3, 0.4) is 0 Å². The minimum Gasteiger partial charge on any atom is -0.497 e. The van der Waals surface area contributed by atoms with Crippen LogP contribution >= 0.6 is 0 Å². The fraction of sp³-hybridized carbons (Fsp3) is 0.476. The van der Waals surface area contributed by atoms with Gasteiger partial charge in [0, 0.05) is 13.6 Å². The summed E-state index contributed by atoms with van der Waals surface area (Å²) in [4.78, 5) is 15.9. The first-order valence-corrected chi connectivity index (χ1v) is 9.22. The largest absolute Gasteiger partial charge is 0.497 e. The minimum absolute atomic E-state index is 0.235. The molecule has 2 aromatic rings. The molecule has 1 unspecified atom stereocenters. The summed E-state index contributed by atoms with van der Waals surface area (Å²) in [5.74, 6) is 1.10. The van der Waals surface area contributed by atoms with Crippen LogP contribution in [0.2, 0.25) is 0 Å². The van der Waals surface area contributed by atoms with Gasteiger partial charge < -0.3 is 14.5 Å². The fourth-order valence-corrected chi connectivity index (χ4v) is 3.71. The van der Waals surface area contributed by atoms with E-state index in [1.54, 1.807) is 7.11 Å². The molecule has 1 aliphatic heterocycles. The summed E-state index contributed by atoms with van der Waals surface area (Å²) in [6.07, 6.45) is 3.78. The molecule has 1 amide bonds. The Labute approximate surface area is 150 Å². The van der Waals surface area contributed by atoms with Crippen molar-refractivity contribution in [3.05, 3.63) is 42.0 Å². The normalized spacial score (nSPS) is 20.4. The summed E-state index contributed by atoms with van der Waals surface area (Å²) in [7, 11) is 3.59. The number of likely N-dealkylation sites (tertiary alicyclic amines) is 1. The molecule has 1 heterocycles. The second kappa shape index (κ2) is 7.87. The highest BCUT2D eigenvalue weighted by Crippen LogP contribution is 2.22. The minimum atomic E-state index is 0.235. The van der Waals surface area contributed by atoms with Gasteiger partial charge in [0.15, 0.2) is 6.54 Å². The first-order valence-electron chi connectivity index (χ1n) is 9.22. The lowest BCUT2D eigenvalue weighted by Gasteiger charge is -2.31. The number of benzene rings is 2. The average Bonchev–Trinajstić information content (AvgIpc) is 2.63. The highest BCUT2D eigenvalue weighted by molar-refractivity contribution is 5.84. The van der Waals surface area contributed by atoms with E-state index in [9.17, 15) is 4.79 Å². The molecule has 0 aromatic heterocycles. The maximum absolute atomic E-state index is 12.6. The number of carbonyl (C=O) groups excluding carboxylic acids is 1. The molecule has 2 atom stereocenters. The van der Waals surface area contributed by atoms with Crippen molar-refractivity contribution < 1.29 is 14.4 Å². The number of hydrogen-bond acceptors (Lipinski definition) is 2. The molecule has 0 bridgehead atoms. The number of nitrogens with zero attached hydrogens (tertiary/aromatic N) is 1. The third kappa shape index (κ3) is 4.31. The van der Waals surface area contributed by atoms with Crippen LogP contribution in [0.5, 0.6) is 5.75 Å². The smallest absolute Gasteiger partial charge is 0.277 e. The molecule has 3 rings (SSSR count). The SMILES string of the molecule is COc1ccc2cc(CN(C)C(=O)C[NH+]3CCCC[C@H]3C)ccc2c1. The number of carbonyl (C=O) groups is 1. The third-order valence-electron chi connectivity index (χ3n) is 5.42. The molecular formula is C21H29N2O2+. The van der Waals surface area contributed by atoms with Crippen molar-refractivity contribution in [1.82, 2.24) is 4.90 Å². The Kier molecular flexibility index (Phi) is 5.59. The van der Waals surface area contributed by atoms with Crippen LogP contribution in [0.25, 0.3) is 10.8 Å². The summed E-state index contributed by atoms with van der Waals surface area (Å²) >= 11 is 0. The van der Waals surface area contributed by atoms with E-state index in [-0.39, 0.29) is 5.91 Å². The predicted octanol–water partition coefficient (Wildman–Crippen LogP) is 2.26. The number of rotatable bonds is 5. The molecule has 4 nitrogen and oxygen atoms in total. The van der Waals surface area contributed by atoms with Crippen LogP contribution in [0.1, 0.15) is 31.7 Å². The van der Waals surface area contributed by atoms with Gasteiger partial charge in [0.25, 0.3) is 5.91 Å². The van der Waals surface area contributed by atoms with E-state index in [1.807, 2.05) is 24.1 Å². The second-order valence-electron chi connectivity index (χ2n) is 7.28. The molecule has 0 radical (unpaired) electrons. The first-order chi connectivity index (χ1) is 12.1. The molecule has 4 heteroatoms. The summed E-state index contributed by atoms with van der Waals surface area (Å²) in [5.41, 5.74) is 1.16. The zero-order valence-electron chi connectivity index (χ0n) is 15.5. The molecule has 0 saturated carbocycles. The number of methoxy groups -OCH3 is 1. The Balaban J connectivity index is 1.64. The highest BCUT2D eigenvalue weighted by atomic mass is 16.5. The number of piperidine rings is 1. The van der Waals surface area contributed by atoms with Gasteiger partial charge in [0.05, 0.1) is 19.7 Å². The molecule has 1 N–H and O–H groups in total. The van der Waals surface area contributed by atoms with Crippen LogP contribution in [0.15, 0.2) is 36.4 Å². The Hall–Kier alpha value is -2.07. The van der Waals surface area contributed by atoms with Crippen LogP contribution in [0.4, 0.5) is 0 Å².